The van der Waals surface area contributed by atoms with Crippen LogP contribution in [0.5, 0.6) is 0 Å². The second-order valence-electron chi connectivity index (χ2n) is 7.40. The molecule has 3 saturated heterocycles. The Hall–Kier alpha value is -0.160. The lowest BCUT2D eigenvalue weighted by molar-refractivity contribution is 0.104. The van der Waals surface area contributed by atoms with E-state index >= 15 is 0 Å². The van der Waals surface area contributed by atoms with E-state index in [0.29, 0.717) is 5.41 Å². The molecule has 0 aromatic carbocycles. The van der Waals surface area contributed by atoms with Crippen LogP contribution < -0.4 is 5.32 Å². The summed E-state index contributed by atoms with van der Waals surface area (Å²) < 4.78 is 5.77. The van der Waals surface area contributed by atoms with Gasteiger partial charge in [-0.05, 0) is 58.3 Å². The van der Waals surface area contributed by atoms with Crippen molar-refractivity contribution < 1.29 is 4.74 Å². The lowest BCUT2D eigenvalue weighted by atomic mass is 9.86. The van der Waals surface area contributed by atoms with Crippen LogP contribution >= 0.6 is 0 Å². The van der Waals surface area contributed by atoms with Crippen molar-refractivity contribution in [3.8, 4) is 0 Å². The van der Waals surface area contributed by atoms with Crippen molar-refractivity contribution in [2.45, 2.75) is 45.1 Å². The summed E-state index contributed by atoms with van der Waals surface area (Å²) in [6.07, 6.45) is 6.61. The number of rotatable bonds is 6. The van der Waals surface area contributed by atoms with E-state index < -0.39 is 0 Å². The molecule has 2 atom stereocenters. The average molecular weight is 295 g/mol. The van der Waals surface area contributed by atoms with Gasteiger partial charge >= 0.3 is 0 Å². The number of nitrogens with one attached hydrogen (secondary N) is 1. The van der Waals surface area contributed by atoms with Gasteiger partial charge in [0.2, 0.25) is 0 Å². The van der Waals surface area contributed by atoms with Crippen molar-refractivity contribution in [3.63, 3.8) is 0 Å². The predicted molar refractivity (Wildman–Crippen MR) is 86.7 cm³/mol. The fourth-order valence-electron chi connectivity index (χ4n) is 4.40. The van der Waals surface area contributed by atoms with Crippen molar-refractivity contribution in [2.75, 3.05) is 59.0 Å². The summed E-state index contributed by atoms with van der Waals surface area (Å²) in [5.41, 5.74) is 0.364. The Morgan fingerprint density at radius 2 is 2.14 bits per heavy atom. The largest absolute Gasteiger partial charge is 0.381 e. The zero-order valence-electron chi connectivity index (χ0n) is 13.8. The van der Waals surface area contributed by atoms with Gasteiger partial charge in [-0.15, -0.1) is 0 Å². The maximum atomic E-state index is 5.77. The third-order valence-electron chi connectivity index (χ3n) is 5.56. The van der Waals surface area contributed by atoms with Crippen molar-refractivity contribution >= 4 is 0 Å². The molecule has 0 saturated carbocycles. The molecule has 0 amide bonds. The van der Waals surface area contributed by atoms with Gasteiger partial charge < -0.3 is 15.0 Å². The first-order chi connectivity index (χ1) is 10.3. The SMILES string of the molecule is CCCNCC1(CN2CCCN3CCCC3C2)CCOC1. The minimum atomic E-state index is 0.364. The summed E-state index contributed by atoms with van der Waals surface area (Å²) in [5, 5.41) is 3.65. The molecular formula is C17H33N3O. The first-order valence-electron chi connectivity index (χ1n) is 9.06. The number of nitrogens with zero attached hydrogens (tertiary/aromatic N) is 2. The molecule has 0 spiro atoms. The van der Waals surface area contributed by atoms with Crippen LogP contribution in [0.15, 0.2) is 0 Å². The minimum absolute atomic E-state index is 0.364. The van der Waals surface area contributed by atoms with E-state index in [0.717, 1.165) is 32.3 Å². The molecule has 0 bridgehead atoms. The summed E-state index contributed by atoms with van der Waals surface area (Å²) >= 11 is 0. The van der Waals surface area contributed by atoms with E-state index in [-0.39, 0.29) is 0 Å². The van der Waals surface area contributed by atoms with Gasteiger partial charge in [0.05, 0.1) is 6.61 Å². The fraction of sp³-hybridized carbons (Fsp3) is 1.00. The van der Waals surface area contributed by atoms with Gasteiger partial charge in [-0.2, -0.15) is 0 Å². The molecule has 21 heavy (non-hydrogen) atoms. The third kappa shape index (κ3) is 3.98. The first kappa shape index (κ1) is 15.7. The molecule has 2 unspecified atom stereocenters. The van der Waals surface area contributed by atoms with Gasteiger partial charge in [0, 0.05) is 37.7 Å². The molecule has 0 aromatic rings. The highest BCUT2D eigenvalue weighted by Crippen LogP contribution is 2.31. The Labute approximate surface area is 130 Å². The molecule has 122 valence electrons. The second-order valence-corrected chi connectivity index (χ2v) is 7.40. The van der Waals surface area contributed by atoms with Gasteiger partial charge in [-0.1, -0.05) is 6.92 Å². The van der Waals surface area contributed by atoms with Crippen LogP contribution in [-0.4, -0.2) is 74.9 Å². The molecule has 3 rings (SSSR count). The van der Waals surface area contributed by atoms with Gasteiger partial charge in [-0.25, -0.2) is 0 Å². The van der Waals surface area contributed by atoms with Crippen molar-refractivity contribution in [2.24, 2.45) is 5.41 Å². The molecule has 0 aromatic heterocycles. The van der Waals surface area contributed by atoms with E-state index in [1.165, 1.54) is 64.8 Å². The summed E-state index contributed by atoms with van der Waals surface area (Å²) in [4.78, 5) is 5.48. The van der Waals surface area contributed by atoms with Gasteiger partial charge in [0.1, 0.15) is 0 Å². The molecule has 3 heterocycles. The molecule has 3 aliphatic rings. The Kier molecular flexibility index (Phi) is 5.54. The molecule has 4 heteroatoms. The number of hydrogen-bond donors (Lipinski definition) is 1. The van der Waals surface area contributed by atoms with Crippen LogP contribution in [0.1, 0.15) is 39.0 Å². The molecule has 4 nitrogen and oxygen atoms in total. The highest BCUT2D eigenvalue weighted by molar-refractivity contribution is 4.92. The molecule has 0 aliphatic carbocycles. The second kappa shape index (κ2) is 7.40. The summed E-state index contributed by atoms with van der Waals surface area (Å²) in [7, 11) is 0. The Bertz CT molecular complexity index is 317. The van der Waals surface area contributed by atoms with E-state index in [1.807, 2.05) is 0 Å². The highest BCUT2D eigenvalue weighted by Gasteiger charge is 2.38. The van der Waals surface area contributed by atoms with Crippen LogP contribution in [0.4, 0.5) is 0 Å². The summed E-state index contributed by atoms with van der Waals surface area (Å²) in [6.45, 7) is 12.9. The van der Waals surface area contributed by atoms with Crippen molar-refractivity contribution in [1.29, 1.82) is 0 Å². The highest BCUT2D eigenvalue weighted by atomic mass is 16.5. The quantitative estimate of drug-likeness (QED) is 0.753. The maximum absolute atomic E-state index is 5.77. The maximum Gasteiger partial charge on any atom is 0.0547 e. The number of hydrogen-bond acceptors (Lipinski definition) is 4. The van der Waals surface area contributed by atoms with Crippen molar-refractivity contribution in [1.82, 2.24) is 15.1 Å². The van der Waals surface area contributed by atoms with Gasteiger partial charge in [0.25, 0.3) is 0 Å². The van der Waals surface area contributed by atoms with Crippen LogP contribution in [0.25, 0.3) is 0 Å². The van der Waals surface area contributed by atoms with Crippen LogP contribution in [-0.2, 0) is 4.74 Å². The van der Waals surface area contributed by atoms with Crippen LogP contribution in [0.3, 0.4) is 0 Å². The molecule has 1 N–H and O–H groups in total. The molecule has 3 aliphatic heterocycles. The number of fused-ring (bicyclic) bond motifs is 1. The molecule has 3 fully saturated rings. The van der Waals surface area contributed by atoms with Crippen molar-refractivity contribution in [3.05, 3.63) is 0 Å². The number of ether oxygens (including phenoxy) is 1. The van der Waals surface area contributed by atoms with Crippen LogP contribution in [0.2, 0.25) is 0 Å². The normalized spacial score (nSPS) is 35.0. The monoisotopic (exact) mass is 295 g/mol. The molecular weight excluding hydrogens is 262 g/mol. The standard InChI is InChI=1S/C17H33N3O/c1-2-7-18-13-17(6-11-21-15-17)14-19-8-4-10-20-9-3-5-16(20)12-19/h16,18H,2-15H2,1H3. The topological polar surface area (TPSA) is 27.7 Å². The van der Waals surface area contributed by atoms with E-state index in [9.17, 15) is 0 Å². The lowest BCUT2D eigenvalue weighted by Crippen LogP contribution is -2.47. The Balaban J connectivity index is 1.56. The minimum Gasteiger partial charge on any atom is -0.381 e. The zero-order valence-corrected chi connectivity index (χ0v) is 13.8. The van der Waals surface area contributed by atoms with E-state index in [1.54, 1.807) is 0 Å². The van der Waals surface area contributed by atoms with Gasteiger partial charge in [0.15, 0.2) is 0 Å². The fourth-order valence-corrected chi connectivity index (χ4v) is 4.40. The summed E-state index contributed by atoms with van der Waals surface area (Å²) in [6, 6.07) is 0.829. The first-order valence-corrected chi connectivity index (χ1v) is 9.06. The smallest absolute Gasteiger partial charge is 0.0547 e. The third-order valence-corrected chi connectivity index (χ3v) is 5.56. The summed E-state index contributed by atoms with van der Waals surface area (Å²) in [5.74, 6) is 0. The Morgan fingerprint density at radius 1 is 1.24 bits per heavy atom. The Morgan fingerprint density at radius 3 is 2.95 bits per heavy atom. The van der Waals surface area contributed by atoms with E-state index in [4.69, 9.17) is 4.74 Å². The lowest BCUT2D eigenvalue weighted by Gasteiger charge is -2.35. The van der Waals surface area contributed by atoms with E-state index in [2.05, 4.69) is 22.0 Å². The average Bonchev–Trinajstić information content (AvgIpc) is 3.06. The molecule has 0 radical (unpaired) electrons. The van der Waals surface area contributed by atoms with Gasteiger partial charge in [-0.3, -0.25) is 4.90 Å². The van der Waals surface area contributed by atoms with Crippen LogP contribution in [0, 0.1) is 5.41 Å². The zero-order chi connectivity index (χ0) is 14.5. The predicted octanol–water partition coefficient (Wildman–Crippen LogP) is 1.56.